The molecule has 0 aliphatic heterocycles. The third-order valence-electron chi connectivity index (χ3n) is 4.36. The van der Waals surface area contributed by atoms with E-state index in [4.69, 9.17) is 4.74 Å². The highest BCUT2D eigenvalue weighted by Crippen LogP contribution is 2.41. The third kappa shape index (κ3) is 3.17. The lowest BCUT2D eigenvalue weighted by molar-refractivity contribution is 0.104. The van der Waals surface area contributed by atoms with E-state index in [1.165, 1.54) is 23.5 Å². The number of rotatable bonds is 4. The Morgan fingerprint density at radius 2 is 1.70 bits per heavy atom. The molecule has 3 nitrogen and oxygen atoms in total. The van der Waals surface area contributed by atoms with Gasteiger partial charge in [0, 0.05) is 21.2 Å². The summed E-state index contributed by atoms with van der Waals surface area (Å²) in [4.78, 5) is 13.7. The largest absolute Gasteiger partial charge is 0.508 e. The maximum atomic E-state index is 13.4. The molecule has 0 bridgehead atoms. The van der Waals surface area contributed by atoms with Crippen LogP contribution >= 0.6 is 11.3 Å². The third-order valence-corrected chi connectivity index (χ3v) is 5.53. The van der Waals surface area contributed by atoms with E-state index < -0.39 is 0 Å². The summed E-state index contributed by atoms with van der Waals surface area (Å²) in [5.74, 6) is 0.320. The maximum Gasteiger partial charge on any atom is 0.203 e. The number of halogens is 1. The fourth-order valence-electron chi connectivity index (χ4n) is 3.02. The molecule has 0 saturated carbocycles. The topological polar surface area (TPSA) is 46.5 Å². The van der Waals surface area contributed by atoms with E-state index in [-0.39, 0.29) is 17.3 Å². The van der Waals surface area contributed by atoms with Gasteiger partial charge in [0.05, 0.1) is 12.0 Å². The van der Waals surface area contributed by atoms with Gasteiger partial charge in [-0.2, -0.15) is 0 Å². The molecule has 0 aliphatic rings. The Hall–Kier alpha value is -3.18. The van der Waals surface area contributed by atoms with E-state index >= 15 is 0 Å². The number of ether oxygens (including phenoxy) is 1. The molecule has 1 heterocycles. The molecular formula is C22H15FO3S. The summed E-state index contributed by atoms with van der Waals surface area (Å²) in [5, 5.41) is 10.7. The molecule has 0 amide bonds. The number of carbonyl (C=O) groups excluding carboxylic acids is 1. The Bertz CT molecular complexity index is 1130. The fourth-order valence-corrected chi connectivity index (χ4v) is 4.19. The minimum atomic E-state index is -0.343. The second-order valence-corrected chi connectivity index (χ2v) is 7.10. The van der Waals surface area contributed by atoms with Crippen molar-refractivity contribution >= 4 is 27.2 Å². The van der Waals surface area contributed by atoms with Gasteiger partial charge in [-0.15, -0.1) is 11.3 Å². The van der Waals surface area contributed by atoms with E-state index in [1.54, 1.807) is 61.7 Å². The summed E-state index contributed by atoms with van der Waals surface area (Å²) < 4.78 is 19.4. The number of phenols is 1. The van der Waals surface area contributed by atoms with Gasteiger partial charge < -0.3 is 9.84 Å². The van der Waals surface area contributed by atoms with Crippen LogP contribution in [0.15, 0.2) is 66.7 Å². The number of thiophene rings is 1. The number of hydrogen-bond acceptors (Lipinski definition) is 4. The summed E-state index contributed by atoms with van der Waals surface area (Å²) in [7, 11) is 1.57. The smallest absolute Gasteiger partial charge is 0.203 e. The molecule has 0 radical (unpaired) electrons. The zero-order valence-electron chi connectivity index (χ0n) is 14.4. The minimum absolute atomic E-state index is 0.118. The number of fused-ring (bicyclic) bond motifs is 1. The number of aromatic hydroxyl groups is 1. The predicted octanol–water partition coefficient (Wildman–Crippen LogP) is 5.65. The van der Waals surface area contributed by atoms with Crippen molar-refractivity contribution in [1.82, 2.24) is 0 Å². The van der Waals surface area contributed by atoms with Gasteiger partial charge in [0.15, 0.2) is 0 Å². The number of hydrogen-bond donors (Lipinski definition) is 1. The van der Waals surface area contributed by atoms with Crippen LogP contribution in [0.4, 0.5) is 4.39 Å². The van der Waals surface area contributed by atoms with Crippen LogP contribution in [-0.2, 0) is 0 Å². The van der Waals surface area contributed by atoms with E-state index in [2.05, 4.69) is 0 Å². The first-order chi connectivity index (χ1) is 13.1. The zero-order valence-corrected chi connectivity index (χ0v) is 15.2. The van der Waals surface area contributed by atoms with E-state index in [1.807, 2.05) is 0 Å². The highest BCUT2D eigenvalue weighted by molar-refractivity contribution is 7.21. The Kier molecular flexibility index (Phi) is 4.38. The maximum absolute atomic E-state index is 13.4. The number of benzene rings is 3. The van der Waals surface area contributed by atoms with Gasteiger partial charge >= 0.3 is 0 Å². The summed E-state index contributed by atoms with van der Waals surface area (Å²) in [6.45, 7) is 0. The van der Waals surface area contributed by atoms with Crippen molar-refractivity contribution in [3.05, 3.63) is 83.0 Å². The van der Waals surface area contributed by atoms with Gasteiger partial charge in [0.25, 0.3) is 0 Å². The minimum Gasteiger partial charge on any atom is -0.508 e. The second-order valence-electron chi connectivity index (χ2n) is 6.05. The second kappa shape index (κ2) is 6.85. The van der Waals surface area contributed by atoms with Crippen LogP contribution < -0.4 is 4.74 Å². The normalized spacial score (nSPS) is 10.9. The SMILES string of the molecule is COc1ccc(C(=O)c2sc3ccc(O)cc3c2-c2ccc(F)cc2)cc1. The standard InChI is InChI=1S/C22H15FO3S/c1-26-17-9-4-14(5-10-17)21(25)22-20(13-2-6-15(23)7-3-13)18-12-16(24)8-11-19(18)27-22/h2-12,24H,1H3. The van der Waals surface area contributed by atoms with E-state index in [0.717, 1.165) is 15.6 Å². The van der Waals surface area contributed by atoms with Gasteiger partial charge in [0.2, 0.25) is 5.78 Å². The Labute approximate surface area is 159 Å². The van der Waals surface area contributed by atoms with Crippen molar-refractivity contribution in [2.45, 2.75) is 0 Å². The van der Waals surface area contributed by atoms with Gasteiger partial charge in [-0.1, -0.05) is 12.1 Å². The highest BCUT2D eigenvalue weighted by atomic mass is 32.1. The number of phenolic OH excluding ortho intramolecular Hbond substituents is 1. The number of carbonyl (C=O) groups is 1. The molecule has 0 saturated heterocycles. The van der Waals surface area contributed by atoms with Gasteiger partial charge in [-0.3, -0.25) is 4.79 Å². The molecule has 0 fully saturated rings. The summed E-state index contributed by atoms with van der Waals surface area (Å²) in [6.07, 6.45) is 0. The molecule has 0 atom stereocenters. The average molecular weight is 378 g/mol. The number of methoxy groups -OCH3 is 1. The first-order valence-electron chi connectivity index (χ1n) is 8.27. The molecule has 0 spiro atoms. The van der Waals surface area contributed by atoms with Gasteiger partial charge in [0.1, 0.15) is 17.3 Å². The summed E-state index contributed by atoms with van der Waals surface area (Å²) in [5.41, 5.74) is 1.96. The molecule has 5 heteroatoms. The van der Waals surface area contributed by atoms with Crippen LogP contribution in [0.2, 0.25) is 0 Å². The van der Waals surface area contributed by atoms with Crippen molar-refractivity contribution < 1.29 is 19.0 Å². The Morgan fingerprint density at radius 3 is 2.37 bits per heavy atom. The van der Waals surface area contributed by atoms with Crippen LogP contribution in [0.5, 0.6) is 11.5 Å². The molecular weight excluding hydrogens is 363 g/mol. The first-order valence-corrected chi connectivity index (χ1v) is 9.08. The number of ketones is 1. The lowest BCUT2D eigenvalue weighted by Gasteiger charge is -2.06. The molecule has 134 valence electrons. The first kappa shape index (κ1) is 17.2. The lowest BCUT2D eigenvalue weighted by Crippen LogP contribution is -2.00. The molecule has 4 rings (SSSR count). The van der Waals surface area contributed by atoms with Crippen LogP contribution in [-0.4, -0.2) is 18.0 Å². The van der Waals surface area contributed by atoms with Crippen molar-refractivity contribution in [3.63, 3.8) is 0 Å². The van der Waals surface area contributed by atoms with Gasteiger partial charge in [-0.05, 0) is 60.2 Å². The fraction of sp³-hybridized carbons (Fsp3) is 0.0455. The molecule has 1 aromatic heterocycles. The highest BCUT2D eigenvalue weighted by Gasteiger charge is 2.21. The lowest BCUT2D eigenvalue weighted by atomic mass is 9.98. The quantitative estimate of drug-likeness (QED) is 0.467. The van der Waals surface area contributed by atoms with Crippen LogP contribution in [0.25, 0.3) is 21.2 Å². The predicted molar refractivity (Wildman–Crippen MR) is 105 cm³/mol. The zero-order chi connectivity index (χ0) is 19.0. The van der Waals surface area contributed by atoms with Gasteiger partial charge in [-0.25, -0.2) is 4.39 Å². The van der Waals surface area contributed by atoms with Crippen LogP contribution in [0.3, 0.4) is 0 Å². The molecule has 3 aromatic carbocycles. The van der Waals surface area contributed by atoms with Crippen molar-refractivity contribution in [1.29, 1.82) is 0 Å². The van der Waals surface area contributed by atoms with Crippen molar-refractivity contribution in [3.8, 4) is 22.6 Å². The molecule has 4 aromatic rings. The Morgan fingerprint density at radius 1 is 1.00 bits per heavy atom. The molecule has 0 unspecified atom stereocenters. The average Bonchev–Trinajstić information content (AvgIpc) is 3.06. The van der Waals surface area contributed by atoms with E-state index in [0.29, 0.717) is 21.8 Å². The Balaban J connectivity index is 1.92. The van der Waals surface area contributed by atoms with Crippen LogP contribution in [0.1, 0.15) is 15.2 Å². The summed E-state index contributed by atoms with van der Waals surface area (Å²) >= 11 is 1.36. The monoisotopic (exact) mass is 378 g/mol. The van der Waals surface area contributed by atoms with Crippen molar-refractivity contribution in [2.75, 3.05) is 7.11 Å². The molecule has 27 heavy (non-hydrogen) atoms. The van der Waals surface area contributed by atoms with Crippen LogP contribution in [0, 0.1) is 5.82 Å². The molecule has 1 N–H and O–H groups in total. The molecule has 0 aliphatic carbocycles. The van der Waals surface area contributed by atoms with Crippen molar-refractivity contribution in [2.24, 2.45) is 0 Å². The summed E-state index contributed by atoms with van der Waals surface area (Å²) in [6, 6.07) is 17.9. The van der Waals surface area contributed by atoms with E-state index in [9.17, 15) is 14.3 Å².